The molecule has 1 aromatic rings. The van der Waals surface area contributed by atoms with Crippen molar-refractivity contribution < 1.29 is 14.3 Å². The summed E-state index contributed by atoms with van der Waals surface area (Å²) in [5.41, 5.74) is 0.878. The van der Waals surface area contributed by atoms with Gasteiger partial charge in [0.05, 0.1) is 18.8 Å². The lowest BCUT2D eigenvalue weighted by molar-refractivity contribution is -0.142. The Morgan fingerprint density at radius 2 is 2.00 bits per heavy atom. The molecule has 1 aromatic carbocycles. The van der Waals surface area contributed by atoms with E-state index in [1.54, 1.807) is 21.1 Å². The van der Waals surface area contributed by atoms with E-state index in [9.17, 15) is 9.59 Å². The van der Waals surface area contributed by atoms with E-state index in [2.05, 4.69) is 5.32 Å². The zero-order valence-electron chi connectivity index (χ0n) is 11.9. The summed E-state index contributed by atoms with van der Waals surface area (Å²) in [4.78, 5) is 26.7. The molecule has 6 heteroatoms. The van der Waals surface area contributed by atoms with Crippen LogP contribution in [0.25, 0.3) is 0 Å². The van der Waals surface area contributed by atoms with Gasteiger partial charge in [-0.1, -0.05) is 12.1 Å². The molecule has 0 saturated carbocycles. The number of hydrogen-bond acceptors (Lipinski definition) is 4. The third-order valence-corrected chi connectivity index (χ3v) is 3.16. The van der Waals surface area contributed by atoms with Crippen molar-refractivity contribution in [2.75, 3.05) is 39.5 Å². The fourth-order valence-electron chi connectivity index (χ4n) is 1.92. The molecule has 0 radical (unpaired) electrons. The molecule has 0 fully saturated rings. The van der Waals surface area contributed by atoms with E-state index in [1.165, 1.54) is 9.80 Å². The molecule has 1 unspecified atom stereocenters. The van der Waals surface area contributed by atoms with E-state index in [0.717, 1.165) is 5.69 Å². The van der Waals surface area contributed by atoms with Crippen LogP contribution in [-0.2, 0) is 9.59 Å². The van der Waals surface area contributed by atoms with Gasteiger partial charge in [0.2, 0.25) is 5.91 Å². The predicted molar refractivity (Wildman–Crippen MR) is 75.7 cm³/mol. The Morgan fingerprint density at radius 1 is 1.30 bits per heavy atom. The Morgan fingerprint density at radius 3 is 2.70 bits per heavy atom. The van der Waals surface area contributed by atoms with E-state index in [-0.39, 0.29) is 18.4 Å². The van der Waals surface area contributed by atoms with Crippen LogP contribution in [0.3, 0.4) is 0 Å². The first kappa shape index (κ1) is 14.2. The van der Waals surface area contributed by atoms with Gasteiger partial charge in [-0.3, -0.25) is 9.59 Å². The van der Waals surface area contributed by atoms with E-state index in [4.69, 9.17) is 4.74 Å². The summed E-state index contributed by atoms with van der Waals surface area (Å²) < 4.78 is 5.68. The summed E-state index contributed by atoms with van der Waals surface area (Å²) in [6.45, 7) is 0.448. The van der Waals surface area contributed by atoms with Crippen LogP contribution in [0.15, 0.2) is 24.3 Å². The minimum absolute atomic E-state index is 0.0489. The summed E-state index contributed by atoms with van der Waals surface area (Å²) in [7, 11) is 4.93. The maximum atomic E-state index is 12.3. The zero-order chi connectivity index (χ0) is 14.7. The SMILES string of the molecule is CN(C)C(=O)CN(C)C(=O)C1CNc2ccccc2O1. The van der Waals surface area contributed by atoms with Crippen LogP contribution in [0.5, 0.6) is 5.75 Å². The van der Waals surface area contributed by atoms with E-state index < -0.39 is 6.10 Å². The number of rotatable bonds is 3. The monoisotopic (exact) mass is 277 g/mol. The summed E-state index contributed by atoms with van der Waals surface area (Å²) >= 11 is 0. The highest BCUT2D eigenvalue weighted by Crippen LogP contribution is 2.28. The third kappa shape index (κ3) is 3.01. The second-order valence-electron chi connectivity index (χ2n) is 4.97. The highest BCUT2D eigenvalue weighted by molar-refractivity contribution is 5.87. The minimum Gasteiger partial charge on any atom is -0.477 e. The third-order valence-electron chi connectivity index (χ3n) is 3.16. The minimum atomic E-state index is -0.607. The average molecular weight is 277 g/mol. The van der Waals surface area contributed by atoms with Crippen LogP contribution in [0, 0.1) is 0 Å². The van der Waals surface area contributed by atoms with Crippen LogP contribution < -0.4 is 10.1 Å². The standard InChI is InChI=1S/C14H19N3O3/c1-16(2)13(18)9-17(3)14(19)12-8-15-10-6-4-5-7-11(10)20-12/h4-7,12,15H,8-9H2,1-3H3. The summed E-state index contributed by atoms with van der Waals surface area (Å²) in [6, 6.07) is 7.47. The Kier molecular flexibility index (Phi) is 4.12. The van der Waals surface area contributed by atoms with Gasteiger partial charge in [0.25, 0.3) is 5.91 Å². The van der Waals surface area contributed by atoms with Crippen molar-refractivity contribution in [3.8, 4) is 5.75 Å². The molecule has 1 aliphatic heterocycles. The normalized spacial score (nSPS) is 16.4. The van der Waals surface area contributed by atoms with Gasteiger partial charge < -0.3 is 19.9 Å². The first-order valence-corrected chi connectivity index (χ1v) is 6.43. The largest absolute Gasteiger partial charge is 0.477 e. The first-order valence-electron chi connectivity index (χ1n) is 6.43. The Bertz CT molecular complexity index is 516. The van der Waals surface area contributed by atoms with Gasteiger partial charge in [-0.25, -0.2) is 0 Å². The highest BCUT2D eigenvalue weighted by atomic mass is 16.5. The topological polar surface area (TPSA) is 61.9 Å². The molecule has 1 aliphatic rings. The maximum absolute atomic E-state index is 12.3. The number of amides is 2. The zero-order valence-corrected chi connectivity index (χ0v) is 11.9. The van der Waals surface area contributed by atoms with Gasteiger partial charge in [0, 0.05) is 21.1 Å². The van der Waals surface area contributed by atoms with Crippen molar-refractivity contribution in [2.45, 2.75) is 6.10 Å². The van der Waals surface area contributed by atoms with Gasteiger partial charge in [-0.2, -0.15) is 0 Å². The molecule has 0 aliphatic carbocycles. The number of ether oxygens (including phenoxy) is 1. The van der Waals surface area contributed by atoms with E-state index in [0.29, 0.717) is 12.3 Å². The van der Waals surface area contributed by atoms with Crippen molar-refractivity contribution in [1.29, 1.82) is 0 Å². The van der Waals surface area contributed by atoms with Crippen molar-refractivity contribution in [2.24, 2.45) is 0 Å². The van der Waals surface area contributed by atoms with Crippen LogP contribution in [0.2, 0.25) is 0 Å². The number of para-hydroxylation sites is 2. The highest BCUT2D eigenvalue weighted by Gasteiger charge is 2.29. The second-order valence-corrected chi connectivity index (χ2v) is 4.97. The molecule has 1 atom stereocenters. The van der Waals surface area contributed by atoms with Crippen molar-refractivity contribution >= 4 is 17.5 Å². The molecule has 0 spiro atoms. The Balaban J connectivity index is 1.99. The number of carbonyl (C=O) groups is 2. The lowest BCUT2D eigenvalue weighted by Crippen LogP contribution is -2.48. The number of benzene rings is 1. The number of hydrogen-bond donors (Lipinski definition) is 1. The van der Waals surface area contributed by atoms with Gasteiger partial charge in [0.1, 0.15) is 5.75 Å². The van der Waals surface area contributed by atoms with Gasteiger partial charge in [0.15, 0.2) is 6.10 Å². The fraction of sp³-hybridized carbons (Fsp3) is 0.429. The average Bonchev–Trinajstić information content (AvgIpc) is 2.45. The summed E-state index contributed by atoms with van der Waals surface area (Å²) in [5.74, 6) is 0.330. The van der Waals surface area contributed by atoms with E-state index >= 15 is 0 Å². The van der Waals surface area contributed by atoms with Crippen LogP contribution >= 0.6 is 0 Å². The number of nitrogens with zero attached hydrogens (tertiary/aromatic N) is 2. The molecule has 1 N–H and O–H groups in total. The predicted octanol–water partition coefficient (Wildman–Crippen LogP) is 0.406. The summed E-state index contributed by atoms with van der Waals surface area (Å²) in [6.07, 6.45) is -0.607. The van der Waals surface area contributed by atoms with Gasteiger partial charge in [-0.05, 0) is 12.1 Å². The Labute approximate surface area is 118 Å². The molecule has 0 aromatic heterocycles. The molecular weight excluding hydrogens is 258 g/mol. The van der Waals surface area contributed by atoms with Gasteiger partial charge >= 0.3 is 0 Å². The smallest absolute Gasteiger partial charge is 0.265 e. The number of nitrogens with one attached hydrogen (secondary N) is 1. The molecular formula is C14H19N3O3. The summed E-state index contributed by atoms with van der Waals surface area (Å²) in [5, 5.41) is 3.16. The van der Waals surface area contributed by atoms with Crippen molar-refractivity contribution in [3.63, 3.8) is 0 Å². The molecule has 1 heterocycles. The van der Waals surface area contributed by atoms with Crippen molar-refractivity contribution in [1.82, 2.24) is 9.80 Å². The van der Waals surface area contributed by atoms with Crippen molar-refractivity contribution in [3.05, 3.63) is 24.3 Å². The molecule has 0 bridgehead atoms. The number of likely N-dealkylation sites (N-methyl/N-ethyl adjacent to an activating group) is 2. The molecule has 108 valence electrons. The van der Waals surface area contributed by atoms with Crippen LogP contribution in [0.1, 0.15) is 0 Å². The number of carbonyl (C=O) groups excluding carboxylic acids is 2. The van der Waals surface area contributed by atoms with Crippen LogP contribution in [0.4, 0.5) is 5.69 Å². The Hall–Kier alpha value is -2.24. The fourth-order valence-corrected chi connectivity index (χ4v) is 1.92. The molecule has 20 heavy (non-hydrogen) atoms. The molecule has 6 nitrogen and oxygen atoms in total. The second kappa shape index (κ2) is 5.81. The molecule has 2 rings (SSSR count). The number of fused-ring (bicyclic) bond motifs is 1. The lowest BCUT2D eigenvalue weighted by atomic mass is 10.2. The lowest BCUT2D eigenvalue weighted by Gasteiger charge is -2.29. The maximum Gasteiger partial charge on any atom is 0.265 e. The first-order chi connectivity index (χ1) is 9.49. The number of anilines is 1. The van der Waals surface area contributed by atoms with Gasteiger partial charge in [-0.15, -0.1) is 0 Å². The molecule has 2 amide bonds. The van der Waals surface area contributed by atoms with Crippen LogP contribution in [-0.4, -0.2) is 62.0 Å². The molecule has 0 saturated heterocycles. The quantitative estimate of drug-likeness (QED) is 0.869. The van der Waals surface area contributed by atoms with E-state index in [1.807, 2.05) is 24.3 Å².